The summed E-state index contributed by atoms with van der Waals surface area (Å²) in [6.07, 6.45) is -3.73. The number of aliphatic imine (C=N–C) groups is 1. The van der Waals surface area contributed by atoms with Gasteiger partial charge in [0.1, 0.15) is 5.75 Å². The molecule has 7 nitrogen and oxygen atoms in total. The molecule has 3 N–H and O–H groups in total. The van der Waals surface area contributed by atoms with Gasteiger partial charge in [0, 0.05) is 24.2 Å². The number of hydrogen-bond donors (Lipinski definition) is 3. The van der Waals surface area contributed by atoms with E-state index < -0.39 is 21.9 Å². The van der Waals surface area contributed by atoms with Crippen LogP contribution in [0.3, 0.4) is 0 Å². The number of guanidine groups is 1. The number of nitrogens with zero attached hydrogens (tertiary/aromatic N) is 1. The Balaban J connectivity index is 2.86. The van der Waals surface area contributed by atoms with E-state index in [1.54, 1.807) is 19.9 Å². The first-order valence-electron chi connectivity index (χ1n) is 8.16. The zero-order chi connectivity index (χ0) is 20.7. The highest BCUT2D eigenvalue weighted by Crippen LogP contribution is 2.26. The molecular weight excluding hydrogens is 385 g/mol. The molecule has 0 bridgehead atoms. The van der Waals surface area contributed by atoms with E-state index in [1.807, 2.05) is 6.92 Å². The number of rotatable bonds is 8. The van der Waals surface area contributed by atoms with Crippen LogP contribution in [0.5, 0.6) is 5.75 Å². The van der Waals surface area contributed by atoms with Crippen LogP contribution in [0, 0.1) is 0 Å². The Morgan fingerprint density at radius 3 is 2.37 bits per heavy atom. The van der Waals surface area contributed by atoms with Gasteiger partial charge in [-0.2, -0.15) is 0 Å². The van der Waals surface area contributed by atoms with Gasteiger partial charge in [-0.25, -0.2) is 18.1 Å². The summed E-state index contributed by atoms with van der Waals surface area (Å²) in [5, 5.41) is 5.93. The van der Waals surface area contributed by atoms with E-state index in [0.717, 1.165) is 6.26 Å². The number of para-hydroxylation sites is 1. The lowest BCUT2D eigenvalue weighted by Gasteiger charge is -2.26. The molecule has 0 saturated carbocycles. The van der Waals surface area contributed by atoms with Crippen LogP contribution in [-0.4, -0.2) is 45.6 Å². The molecule has 0 fully saturated rings. The zero-order valence-corrected chi connectivity index (χ0v) is 16.5. The minimum absolute atomic E-state index is 0.0540. The third-order valence-electron chi connectivity index (χ3n) is 3.11. The normalized spacial score (nSPS) is 13.4. The van der Waals surface area contributed by atoms with Crippen LogP contribution in [0.1, 0.15) is 26.3 Å². The van der Waals surface area contributed by atoms with Gasteiger partial charge in [0.25, 0.3) is 0 Å². The van der Waals surface area contributed by atoms with Crippen LogP contribution in [-0.2, 0) is 16.6 Å². The summed E-state index contributed by atoms with van der Waals surface area (Å²) >= 11 is 0. The number of alkyl halides is 3. The van der Waals surface area contributed by atoms with Crippen LogP contribution in [0.4, 0.5) is 13.2 Å². The molecule has 0 saturated heterocycles. The van der Waals surface area contributed by atoms with Gasteiger partial charge in [-0.1, -0.05) is 18.2 Å². The van der Waals surface area contributed by atoms with Gasteiger partial charge in [-0.15, -0.1) is 13.2 Å². The Bertz CT molecular complexity index is 750. The van der Waals surface area contributed by atoms with Gasteiger partial charge < -0.3 is 15.4 Å². The van der Waals surface area contributed by atoms with Crippen molar-refractivity contribution in [1.29, 1.82) is 0 Å². The maximum Gasteiger partial charge on any atom is 0.573 e. The highest BCUT2D eigenvalue weighted by atomic mass is 32.2. The third kappa shape index (κ3) is 10.0. The first-order chi connectivity index (χ1) is 12.3. The van der Waals surface area contributed by atoms with E-state index in [4.69, 9.17) is 0 Å². The molecule has 0 aliphatic heterocycles. The fourth-order valence-electron chi connectivity index (χ4n) is 2.21. The van der Waals surface area contributed by atoms with Crippen LogP contribution in [0.25, 0.3) is 0 Å². The summed E-state index contributed by atoms with van der Waals surface area (Å²) in [5.41, 5.74) is -0.526. The van der Waals surface area contributed by atoms with Gasteiger partial charge in [0.05, 0.1) is 12.8 Å². The molecule has 0 heterocycles. The van der Waals surface area contributed by atoms with Crippen LogP contribution in [0.15, 0.2) is 29.3 Å². The number of hydrogen-bond acceptors (Lipinski definition) is 4. The molecule has 0 aliphatic rings. The number of sulfonamides is 1. The monoisotopic (exact) mass is 410 g/mol. The van der Waals surface area contributed by atoms with Crippen molar-refractivity contribution >= 4 is 16.0 Å². The fourth-order valence-corrected chi connectivity index (χ4v) is 3.28. The standard InChI is InChI=1S/C16H25F3N4O3S/c1-5-20-14(22-11-15(2,3)23-27(4,24)25)21-10-12-8-6-7-9-13(12)26-16(17,18)19/h6-9,23H,5,10-11H2,1-4H3,(H2,20,21,22). The average molecular weight is 410 g/mol. The molecule has 154 valence electrons. The predicted octanol–water partition coefficient (Wildman–Crippen LogP) is 1.97. The molecule has 0 aliphatic carbocycles. The lowest BCUT2D eigenvalue weighted by atomic mass is 10.1. The maximum atomic E-state index is 12.5. The lowest BCUT2D eigenvalue weighted by molar-refractivity contribution is -0.274. The Hall–Kier alpha value is -2.01. The molecule has 0 atom stereocenters. The van der Waals surface area contributed by atoms with Crippen molar-refractivity contribution < 1.29 is 26.3 Å². The molecule has 1 aromatic rings. The van der Waals surface area contributed by atoms with Crippen molar-refractivity contribution in [3.63, 3.8) is 0 Å². The van der Waals surface area contributed by atoms with Crippen molar-refractivity contribution in [2.45, 2.75) is 39.2 Å². The van der Waals surface area contributed by atoms with E-state index in [2.05, 4.69) is 25.1 Å². The van der Waals surface area contributed by atoms with E-state index in [1.165, 1.54) is 18.2 Å². The summed E-state index contributed by atoms with van der Waals surface area (Å²) in [6, 6.07) is 5.74. The Morgan fingerprint density at radius 2 is 1.81 bits per heavy atom. The topological polar surface area (TPSA) is 91.8 Å². The van der Waals surface area contributed by atoms with Crippen molar-refractivity contribution in [2.75, 3.05) is 19.3 Å². The fraction of sp³-hybridized carbons (Fsp3) is 0.562. The van der Waals surface area contributed by atoms with Crippen LogP contribution in [0.2, 0.25) is 0 Å². The van der Waals surface area contributed by atoms with E-state index in [-0.39, 0.29) is 24.4 Å². The Labute approximate surface area is 157 Å². The minimum atomic E-state index is -4.79. The third-order valence-corrected chi connectivity index (χ3v) is 4.03. The van der Waals surface area contributed by atoms with E-state index in [9.17, 15) is 21.6 Å². The first kappa shape index (κ1) is 23.0. The minimum Gasteiger partial charge on any atom is -0.405 e. The summed E-state index contributed by atoms with van der Waals surface area (Å²) in [7, 11) is -3.39. The second-order valence-corrected chi connectivity index (χ2v) is 8.21. The molecule has 0 unspecified atom stereocenters. The summed E-state index contributed by atoms with van der Waals surface area (Å²) < 4.78 is 66.7. The molecule has 11 heteroatoms. The molecule has 1 aromatic carbocycles. The second kappa shape index (κ2) is 9.27. The van der Waals surface area contributed by atoms with Crippen molar-refractivity contribution in [3.8, 4) is 5.75 Å². The van der Waals surface area contributed by atoms with Gasteiger partial charge in [-0.05, 0) is 26.8 Å². The Morgan fingerprint density at radius 1 is 1.19 bits per heavy atom. The van der Waals surface area contributed by atoms with Crippen LogP contribution >= 0.6 is 0 Å². The van der Waals surface area contributed by atoms with E-state index in [0.29, 0.717) is 12.5 Å². The second-order valence-electron chi connectivity index (χ2n) is 6.46. The molecule has 0 radical (unpaired) electrons. The first-order valence-corrected chi connectivity index (χ1v) is 10.1. The molecule has 1 rings (SSSR count). The molecule has 27 heavy (non-hydrogen) atoms. The van der Waals surface area contributed by atoms with Crippen molar-refractivity contribution in [2.24, 2.45) is 4.99 Å². The number of nitrogens with one attached hydrogen (secondary N) is 3. The quantitative estimate of drug-likeness (QED) is 0.450. The zero-order valence-electron chi connectivity index (χ0n) is 15.6. The van der Waals surface area contributed by atoms with Gasteiger partial charge in [0.2, 0.25) is 10.0 Å². The van der Waals surface area contributed by atoms with E-state index >= 15 is 0 Å². The van der Waals surface area contributed by atoms with Gasteiger partial charge in [-0.3, -0.25) is 0 Å². The predicted molar refractivity (Wildman–Crippen MR) is 98.0 cm³/mol. The largest absolute Gasteiger partial charge is 0.573 e. The van der Waals surface area contributed by atoms with Gasteiger partial charge in [0.15, 0.2) is 5.96 Å². The summed E-state index contributed by atoms with van der Waals surface area (Å²) in [4.78, 5) is 4.24. The SMILES string of the molecule is CCNC(=NCc1ccccc1OC(F)(F)F)NCC(C)(C)NS(C)(=O)=O. The Kier molecular flexibility index (Phi) is 7.90. The number of ether oxygens (including phenoxy) is 1. The maximum absolute atomic E-state index is 12.5. The van der Waals surface area contributed by atoms with Crippen molar-refractivity contribution in [1.82, 2.24) is 15.4 Å². The smallest absolute Gasteiger partial charge is 0.405 e. The summed E-state index contributed by atoms with van der Waals surface area (Å²) in [6.45, 7) is 5.90. The molecule has 0 amide bonds. The number of benzene rings is 1. The summed E-state index contributed by atoms with van der Waals surface area (Å²) in [5.74, 6) is 0.0198. The average Bonchev–Trinajstić information content (AvgIpc) is 2.47. The molecular formula is C16H25F3N4O3S. The lowest BCUT2D eigenvalue weighted by Crippen LogP contribution is -2.53. The number of halogens is 3. The van der Waals surface area contributed by atoms with Crippen LogP contribution < -0.4 is 20.1 Å². The highest BCUT2D eigenvalue weighted by molar-refractivity contribution is 7.88. The van der Waals surface area contributed by atoms with Gasteiger partial charge >= 0.3 is 6.36 Å². The highest BCUT2D eigenvalue weighted by Gasteiger charge is 2.32. The molecule has 0 aromatic heterocycles. The molecule has 0 spiro atoms. The van der Waals surface area contributed by atoms with Crippen molar-refractivity contribution in [3.05, 3.63) is 29.8 Å².